The van der Waals surface area contributed by atoms with Crippen molar-refractivity contribution in [2.24, 2.45) is 0 Å². The molecule has 0 N–H and O–H groups in total. The normalized spacial score (nSPS) is 10.8. The first-order valence-electron chi connectivity index (χ1n) is 5.92. The molecule has 0 atom stereocenters. The first-order valence-corrected chi connectivity index (χ1v) is 6.30. The number of halogens is 1. The van der Waals surface area contributed by atoms with E-state index in [1.165, 1.54) is 0 Å². The molecule has 0 aliphatic carbocycles. The van der Waals surface area contributed by atoms with Gasteiger partial charge in [-0.05, 0) is 36.3 Å². The van der Waals surface area contributed by atoms with Crippen molar-refractivity contribution < 1.29 is 0 Å². The Morgan fingerprint density at radius 2 is 2.00 bits per heavy atom. The molecule has 2 aromatic heterocycles. The number of hydrogen-bond donors (Lipinski definition) is 0. The zero-order chi connectivity index (χ0) is 13.4. The lowest BCUT2D eigenvalue weighted by Gasteiger charge is -2.02. The van der Waals surface area contributed by atoms with E-state index in [9.17, 15) is 0 Å². The topological polar surface area (TPSA) is 30.2 Å². The lowest BCUT2D eigenvalue weighted by molar-refractivity contribution is 0.930. The minimum absolute atomic E-state index is 0.713. The van der Waals surface area contributed by atoms with Gasteiger partial charge in [-0.15, -0.1) is 0 Å². The monoisotopic (exact) mass is 269 g/mol. The summed E-state index contributed by atoms with van der Waals surface area (Å²) in [5.41, 5.74) is 4.63. The average Bonchev–Trinajstić information content (AvgIpc) is 2.79. The molecule has 94 valence electrons. The van der Waals surface area contributed by atoms with Gasteiger partial charge in [0.2, 0.25) is 0 Å². The Bertz CT molecular complexity index is 757. The Kier molecular flexibility index (Phi) is 2.84. The highest BCUT2D eigenvalue weighted by Crippen LogP contribution is 2.31. The van der Waals surface area contributed by atoms with Gasteiger partial charge in [0.15, 0.2) is 5.65 Å². The molecule has 4 heteroatoms. The third-order valence-electron chi connectivity index (χ3n) is 2.93. The lowest BCUT2D eigenvalue weighted by Crippen LogP contribution is -1.87. The van der Waals surface area contributed by atoms with Crippen molar-refractivity contribution in [3.8, 4) is 11.1 Å². The largest absolute Gasteiger partial charge is 0.236 e. The smallest absolute Gasteiger partial charge is 0.163 e. The third kappa shape index (κ3) is 2.02. The molecule has 0 fully saturated rings. The molecule has 0 bridgehead atoms. The lowest BCUT2D eigenvalue weighted by atomic mass is 10.0. The van der Waals surface area contributed by atoms with Crippen LogP contribution in [0.3, 0.4) is 0 Å². The minimum atomic E-state index is 0.713. The summed E-state index contributed by atoms with van der Waals surface area (Å²) in [5, 5.41) is 5.25. The van der Waals surface area contributed by atoms with Crippen LogP contribution in [0.5, 0.6) is 0 Å². The second-order valence-electron chi connectivity index (χ2n) is 4.40. The number of allylic oxidation sites excluding steroid dienone is 1. The second kappa shape index (κ2) is 4.52. The van der Waals surface area contributed by atoms with Crippen LogP contribution in [0.4, 0.5) is 0 Å². The van der Waals surface area contributed by atoms with Gasteiger partial charge in [-0.2, -0.15) is 5.10 Å². The number of rotatable bonds is 2. The fourth-order valence-corrected chi connectivity index (χ4v) is 2.19. The molecule has 0 aliphatic heterocycles. The molecular formula is C15H12ClN3. The molecule has 3 nitrogen and oxygen atoms in total. The molecule has 0 radical (unpaired) electrons. The summed E-state index contributed by atoms with van der Waals surface area (Å²) >= 11 is 5.94. The fraction of sp³-hybridized carbons (Fsp3) is 0.0667. The Morgan fingerprint density at radius 1 is 1.26 bits per heavy atom. The van der Waals surface area contributed by atoms with E-state index in [1.807, 2.05) is 43.5 Å². The number of fused-ring (bicyclic) bond motifs is 1. The van der Waals surface area contributed by atoms with E-state index in [2.05, 4.69) is 16.7 Å². The first kappa shape index (κ1) is 11.9. The van der Waals surface area contributed by atoms with Crippen LogP contribution in [0.1, 0.15) is 12.6 Å². The van der Waals surface area contributed by atoms with Crippen LogP contribution in [-0.2, 0) is 0 Å². The van der Waals surface area contributed by atoms with Crippen molar-refractivity contribution in [2.75, 3.05) is 0 Å². The Labute approximate surface area is 116 Å². The highest BCUT2D eigenvalue weighted by Gasteiger charge is 2.15. The van der Waals surface area contributed by atoms with Crippen molar-refractivity contribution >= 4 is 22.8 Å². The molecule has 0 amide bonds. The van der Waals surface area contributed by atoms with Crippen molar-refractivity contribution in [3.63, 3.8) is 0 Å². The number of benzene rings is 1. The van der Waals surface area contributed by atoms with Gasteiger partial charge in [-0.1, -0.05) is 30.3 Å². The maximum Gasteiger partial charge on any atom is 0.163 e. The fourth-order valence-electron chi connectivity index (χ4n) is 2.07. The van der Waals surface area contributed by atoms with Crippen LogP contribution >= 0.6 is 11.6 Å². The van der Waals surface area contributed by atoms with Crippen LogP contribution in [-0.4, -0.2) is 14.6 Å². The van der Waals surface area contributed by atoms with E-state index in [-0.39, 0.29) is 0 Å². The Morgan fingerprint density at radius 3 is 2.68 bits per heavy atom. The van der Waals surface area contributed by atoms with E-state index in [1.54, 1.807) is 10.7 Å². The number of hydrogen-bond acceptors (Lipinski definition) is 2. The summed E-state index contributed by atoms with van der Waals surface area (Å²) in [5.74, 6) is 0. The molecule has 0 unspecified atom stereocenters. The zero-order valence-corrected chi connectivity index (χ0v) is 11.2. The summed E-state index contributed by atoms with van der Waals surface area (Å²) < 4.78 is 1.77. The predicted molar refractivity (Wildman–Crippen MR) is 78.1 cm³/mol. The van der Waals surface area contributed by atoms with Crippen LogP contribution in [0.25, 0.3) is 22.3 Å². The molecule has 0 saturated carbocycles. The van der Waals surface area contributed by atoms with E-state index in [0.29, 0.717) is 5.02 Å². The maximum absolute atomic E-state index is 5.94. The molecule has 0 saturated heterocycles. The molecule has 0 aliphatic rings. The summed E-state index contributed by atoms with van der Waals surface area (Å²) in [4.78, 5) is 4.41. The first-order chi connectivity index (χ1) is 9.16. The van der Waals surface area contributed by atoms with Gasteiger partial charge in [0.25, 0.3) is 0 Å². The van der Waals surface area contributed by atoms with Gasteiger partial charge >= 0.3 is 0 Å². The van der Waals surface area contributed by atoms with Crippen molar-refractivity contribution in [3.05, 3.63) is 60.0 Å². The maximum atomic E-state index is 5.94. The highest BCUT2D eigenvalue weighted by molar-refractivity contribution is 6.30. The quantitative estimate of drug-likeness (QED) is 0.702. The number of aromatic nitrogens is 3. The Balaban J connectivity index is 2.34. The van der Waals surface area contributed by atoms with Crippen LogP contribution in [0, 0.1) is 0 Å². The zero-order valence-electron chi connectivity index (χ0n) is 10.5. The van der Waals surface area contributed by atoms with Gasteiger partial charge in [0, 0.05) is 17.4 Å². The molecule has 1 aromatic carbocycles. The predicted octanol–water partition coefficient (Wildman–Crippen LogP) is 4.08. The summed E-state index contributed by atoms with van der Waals surface area (Å²) in [6, 6.07) is 9.53. The van der Waals surface area contributed by atoms with Gasteiger partial charge < -0.3 is 0 Å². The molecule has 3 aromatic rings. The van der Waals surface area contributed by atoms with Gasteiger partial charge in [-0.3, -0.25) is 0 Å². The average molecular weight is 270 g/mol. The SMILES string of the molecule is C=C(C)c1nn2cccnc2c1-c1ccc(Cl)cc1. The second-order valence-corrected chi connectivity index (χ2v) is 4.84. The molecule has 2 heterocycles. The molecule has 19 heavy (non-hydrogen) atoms. The highest BCUT2D eigenvalue weighted by atomic mass is 35.5. The minimum Gasteiger partial charge on any atom is -0.236 e. The standard InChI is InChI=1S/C15H12ClN3/c1-10(2)14-13(11-4-6-12(16)7-5-11)15-17-8-3-9-19(15)18-14/h3-9H,1H2,2H3. The summed E-state index contributed by atoms with van der Waals surface area (Å²) in [6.45, 7) is 5.94. The third-order valence-corrected chi connectivity index (χ3v) is 3.18. The van der Waals surface area contributed by atoms with Gasteiger partial charge in [-0.25, -0.2) is 9.50 Å². The van der Waals surface area contributed by atoms with Crippen molar-refractivity contribution in [1.29, 1.82) is 0 Å². The van der Waals surface area contributed by atoms with Crippen molar-refractivity contribution in [1.82, 2.24) is 14.6 Å². The molecule has 3 rings (SSSR count). The van der Waals surface area contributed by atoms with Crippen LogP contribution < -0.4 is 0 Å². The molecular weight excluding hydrogens is 258 g/mol. The molecule has 0 spiro atoms. The van der Waals surface area contributed by atoms with Crippen LogP contribution in [0.2, 0.25) is 5.02 Å². The van der Waals surface area contributed by atoms with E-state index in [4.69, 9.17) is 11.6 Å². The van der Waals surface area contributed by atoms with E-state index < -0.39 is 0 Å². The summed E-state index contributed by atoms with van der Waals surface area (Å²) in [6.07, 6.45) is 3.65. The van der Waals surface area contributed by atoms with Gasteiger partial charge in [0.05, 0.1) is 11.3 Å². The summed E-state index contributed by atoms with van der Waals surface area (Å²) in [7, 11) is 0. The van der Waals surface area contributed by atoms with Crippen LogP contribution in [0.15, 0.2) is 49.3 Å². The Hall–Kier alpha value is -2.13. The number of nitrogens with zero attached hydrogens (tertiary/aromatic N) is 3. The van der Waals surface area contributed by atoms with Crippen molar-refractivity contribution in [2.45, 2.75) is 6.92 Å². The van der Waals surface area contributed by atoms with Gasteiger partial charge in [0.1, 0.15) is 0 Å². The van der Waals surface area contributed by atoms with E-state index >= 15 is 0 Å². The van der Waals surface area contributed by atoms with E-state index in [0.717, 1.165) is 28.0 Å².